The van der Waals surface area contributed by atoms with Crippen molar-refractivity contribution in [1.82, 2.24) is 0 Å². The van der Waals surface area contributed by atoms with Gasteiger partial charge in [0.2, 0.25) is 0 Å². The van der Waals surface area contributed by atoms with Crippen LogP contribution in [-0.2, 0) is 0 Å². The number of nitrogens with zero attached hydrogens (tertiary/aromatic N) is 1. The SMILES string of the molecule is C[N-]C(C)CCC(C)C.[Ho]. The van der Waals surface area contributed by atoms with Crippen LogP contribution in [0, 0.1) is 43.7 Å². The summed E-state index contributed by atoms with van der Waals surface area (Å²) in [6, 6.07) is 0.562. The van der Waals surface area contributed by atoms with Crippen molar-refractivity contribution in [3.8, 4) is 0 Å². The molecule has 0 aromatic carbocycles. The van der Waals surface area contributed by atoms with Gasteiger partial charge in [-0.15, -0.1) is 6.04 Å². The maximum Gasteiger partial charge on any atom is 0 e. The molecule has 67 valence electrons. The van der Waals surface area contributed by atoms with Gasteiger partial charge in [-0.25, -0.2) is 0 Å². The van der Waals surface area contributed by atoms with Crippen LogP contribution in [0.1, 0.15) is 33.6 Å². The molecule has 0 aliphatic heterocycles. The van der Waals surface area contributed by atoms with Crippen LogP contribution >= 0.6 is 0 Å². The summed E-state index contributed by atoms with van der Waals surface area (Å²) in [7, 11) is 1.89. The molecule has 0 fully saturated rings. The first-order chi connectivity index (χ1) is 4.16. The van der Waals surface area contributed by atoms with E-state index in [0.29, 0.717) is 6.04 Å². The average molecular weight is 293 g/mol. The summed E-state index contributed by atoms with van der Waals surface area (Å²) in [6.45, 7) is 6.67. The Labute approximate surface area is 95.0 Å². The molecule has 1 atom stereocenters. The van der Waals surface area contributed by atoms with Crippen LogP contribution in [-0.4, -0.2) is 13.1 Å². The van der Waals surface area contributed by atoms with Gasteiger partial charge in [0.1, 0.15) is 0 Å². The van der Waals surface area contributed by atoms with E-state index in [2.05, 4.69) is 26.1 Å². The molecule has 2 heteroatoms. The molecule has 0 rings (SSSR count). The molecule has 0 N–H and O–H groups in total. The van der Waals surface area contributed by atoms with Crippen LogP contribution in [0.3, 0.4) is 0 Å². The molecule has 0 heterocycles. The van der Waals surface area contributed by atoms with Gasteiger partial charge in [0.25, 0.3) is 0 Å². The van der Waals surface area contributed by atoms with Crippen LogP contribution < -0.4 is 0 Å². The predicted octanol–water partition coefficient (Wildman–Crippen LogP) is 2.81. The smallest absolute Gasteiger partial charge is 0 e. The van der Waals surface area contributed by atoms with Gasteiger partial charge in [-0.1, -0.05) is 33.6 Å². The molecule has 0 amide bonds. The van der Waals surface area contributed by atoms with E-state index < -0.39 is 0 Å². The van der Waals surface area contributed by atoms with E-state index in [1.807, 2.05) is 7.05 Å². The summed E-state index contributed by atoms with van der Waals surface area (Å²) in [6.07, 6.45) is 2.55. The summed E-state index contributed by atoms with van der Waals surface area (Å²) in [4.78, 5) is 0. The predicted molar refractivity (Wildman–Crippen MR) is 42.8 cm³/mol. The van der Waals surface area contributed by atoms with Crippen molar-refractivity contribution in [2.24, 2.45) is 5.92 Å². The second kappa shape index (κ2) is 8.32. The van der Waals surface area contributed by atoms with Gasteiger partial charge in [0.15, 0.2) is 0 Å². The maximum atomic E-state index is 4.16. The Hall–Kier alpha value is 1.22. The Balaban J connectivity index is 0. The minimum Gasteiger partial charge on any atom is -0.662 e. The third kappa shape index (κ3) is 9.22. The third-order valence-corrected chi connectivity index (χ3v) is 1.60. The largest absolute Gasteiger partial charge is 0.662 e. The Morgan fingerprint density at radius 2 is 1.60 bits per heavy atom. The van der Waals surface area contributed by atoms with Gasteiger partial charge >= 0.3 is 0 Å². The minimum atomic E-state index is 0. The molecule has 1 unspecified atom stereocenters. The van der Waals surface area contributed by atoms with Crippen LogP contribution in [0.5, 0.6) is 0 Å². The fourth-order valence-electron chi connectivity index (χ4n) is 0.704. The minimum absolute atomic E-state index is 0. The summed E-state index contributed by atoms with van der Waals surface area (Å²) in [5.41, 5.74) is 0. The van der Waals surface area contributed by atoms with Crippen molar-refractivity contribution in [2.45, 2.75) is 39.7 Å². The van der Waals surface area contributed by atoms with Gasteiger partial charge < -0.3 is 5.32 Å². The van der Waals surface area contributed by atoms with Crippen molar-refractivity contribution >= 4 is 0 Å². The summed E-state index contributed by atoms with van der Waals surface area (Å²) in [5, 5.41) is 4.16. The van der Waals surface area contributed by atoms with E-state index in [4.69, 9.17) is 0 Å². The molecule has 0 aromatic heterocycles. The molecule has 0 aliphatic carbocycles. The van der Waals surface area contributed by atoms with Crippen molar-refractivity contribution in [1.29, 1.82) is 0 Å². The molecular weight excluding hydrogens is 275 g/mol. The molecule has 1 radical (unpaired) electrons. The van der Waals surface area contributed by atoms with Gasteiger partial charge in [-0.05, 0) is 5.92 Å². The Bertz CT molecular complexity index is 64.3. The van der Waals surface area contributed by atoms with Crippen LogP contribution in [0.25, 0.3) is 5.32 Å². The average Bonchev–Trinajstić information content (AvgIpc) is 1.83. The number of rotatable bonds is 4. The van der Waals surface area contributed by atoms with Gasteiger partial charge in [-0.3, -0.25) is 0 Å². The molecule has 0 aliphatic rings. The number of hydrogen-bond acceptors (Lipinski definition) is 0. The van der Waals surface area contributed by atoms with E-state index in [1.54, 1.807) is 0 Å². The third-order valence-electron chi connectivity index (χ3n) is 1.60. The maximum absolute atomic E-state index is 4.16. The summed E-state index contributed by atoms with van der Waals surface area (Å²) >= 11 is 0. The van der Waals surface area contributed by atoms with Crippen LogP contribution in [0.4, 0.5) is 0 Å². The number of hydrogen-bond donors (Lipinski definition) is 0. The van der Waals surface area contributed by atoms with Crippen LogP contribution in [0.15, 0.2) is 0 Å². The van der Waals surface area contributed by atoms with Gasteiger partial charge in [-0.2, -0.15) is 7.05 Å². The fourth-order valence-corrected chi connectivity index (χ4v) is 0.704. The topological polar surface area (TPSA) is 14.1 Å². The molecule has 0 spiro atoms. The van der Waals surface area contributed by atoms with Crippen molar-refractivity contribution in [3.63, 3.8) is 0 Å². The Kier molecular flexibility index (Phi) is 11.5. The second-order valence-electron chi connectivity index (χ2n) is 3.08. The molecule has 0 aromatic rings. The van der Waals surface area contributed by atoms with Crippen molar-refractivity contribution < 1.29 is 37.7 Å². The first kappa shape index (κ1) is 13.8. The standard InChI is InChI=1S/C8H18N.Ho/c1-7(2)5-6-8(3)9-4;/h7-8H,5-6H2,1-4H3;/q-1;. The Morgan fingerprint density at radius 3 is 1.90 bits per heavy atom. The molecular formula is C8H18HoN-. The molecule has 1 nitrogen and oxygen atoms in total. The molecule has 10 heavy (non-hydrogen) atoms. The van der Waals surface area contributed by atoms with Crippen molar-refractivity contribution in [3.05, 3.63) is 5.32 Å². The first-order valence-corrected chi connectivity index (χ1v) is 3.75. The zero-order valence-corrected chi connectivity index (χ0v) is 9.25. The fraction of sp³-hybridized carbons (Fsp3) is 1.00. The Morgan fingerprint density at radius 1 is 1.10 bits per heavy atom. The van der Waals surface area contributed by atoms with E-state index in [9.17, 15) is 0 Å². The molecule has 0 saturated heterocycles. The zero-order chi connectivity index (χ0) is 7.28. The first-order valence-electron chi connectivity index (χ1n) is 3.75. The summed E-state index contributed by atoms with van der Waals surface area (Å²) < 4.78 is 0. The normalized spacial score (nSPS) is 12.9. The van der Waals surface area contributed by atoms with E-state index in [1.165, 1.54) is 12.8 Å². The molecule has 0 bridgehead atoms. The zero-order valence-electron chi connectivity index (χ0n) is 7.32. The van der Waals surface area contributed by atoms with Crippen molar-refractivity contribution in [2.75, 3.05) is 7.05 Å². The van der Waals surface area contributed by atoms with Gasteiger partial charge in [0, 0.05) is 37.7 Å². The van der Waals surface area contributed by atoms with E-state index in [-0.39, 0.29) is 37.7 Å². The molecule has 0 saturated carbocycles. The monoisotopic (exact) mass is 293 g/mol. The summed E-state index contributed by atoms with van der Waals surface area (Å²) in [5.74, 6) is 0.828. The van der Waals surface area contributed by atoms with E-state index >= 15 is 0 Å². The van der Waals surface area contributed by atoms with E-state index in [0.717, 1.165) is 5.92 Å². The van der Waals surface area contributed by atoms with Crippen LogP contribution in [0.2, 0.25) is 0 Å². The second-order valence-corrected chi connectivity index (χ2v) is 3.08. The van der Waals surface area contributed by atoms with Gasteiger partial charge in [0.05, 0.1) is 0 Å². The quantitative estimate of drug-likeness (QED) is 0.708.